The Hall–Kier alpha value is -0.330. The fourth-order valence-electron chi connectivity index (χ4n) is 1.17. The molecule has 0 aliphatic rings. The van der Waals surface area contributed by atoms with E-state index in [1.54, 1.807) is 13.8 Å². The van der Waals surface area contributed by atoms with Crippen LogP contribution in [-0.4, -0.2) is 39.6 Å². The summed E-state index contributed by atoms with van der Waals surface area (Å²) in [6.45, 7) is 3.47. The van der Waals surface area contributed by atoms with Crippen molar-refractivity contribution in [1.29, 1.82) is 0 Å². The lowest BCUT2D eigenvalue weighted by atomic mass is 9.93. The van der Waals surface area contributed by atoms with Crippen molar-refractivity contribution in [2.45, 2.75) is 26.7 Å². The molecule has 0 aliphatic carbocycles. The van der Waals surface area contributed by atoms with Crippen LogP contribution in [0.1, 0.15) is 26.7 Å². The lowest BCUT2D eigenvalue weighted by molar-refractivity contribution is -0.128. The average molecular weight is 285 g/mol. The van der Waals surface area contributed by atoms with Gasteiger partial charge in [0.1, 0.15) is 0 Å². The number of hydrogen-bond donors (Lipinski definition) is 2. The zero-order chi connectivity index (χ0) is 13.5. The van der Waals surface area contributed by atoms with Gasteiger partial charge in [-0.25, -0.2) is 13.1 Å². The van der Waals surface area contributed by atoms with Gasteiger partial charge in [-0.1, -0.05) is 0 Å². The van der Waals surface area contributed by atoms with Gasteiger partial charge < -0.3 is 5.32 Å². The standard InChI is InChI=1S/C10H21ClN2O3S/c1-10(2,9(14)12-3)8-13-17(15,16)7-5-4-6-11/h13H,4-8H2,1-3H3,(H,12,14). The van der Waals surface area contributed by atoms with Crippen LogP contribution in [0.3, 0.4) is 0 Å². The fraction of sp³-hybridized carbons (Fsp3) is 0.900. The molecule has 0 aromatic rings. The van der Waals surface area contributed by atoms with Crippen molar-refractivity contribution in [3.8, 4) is 0 Å². The number of nitrogens with one attached hydrogen (secondary N) is 2. The molecule has 17 heavy (non-hydrogen) atoms. The van der Waals surface area contributed by atoms with Crippen LogP contribution in [0.4, 0.5) is 0 Å². The highest BCUT2D eigenvalue weighted by Crippen LogP contribution is 2.13. The van der Waals surface area contributed by atoms with Crippen LogP contribution in [0, 0.1) is 5.41 Å². The SMILES string of the molecule is CNC(=O)C(C)(C)CNS(=O)(=O)CCCCCl. The number of sulfonamides is 1. The smallest absolute Gasteiger partial charge is 0.226 e. The summed E-state index contributed by atoms with van der Waals surface area (Å²) in [5.41, 5.74) is -0.756. The van der Waals surface area contributed by atoms with Gasteiger partial charge in [0.05, 0.1) is 11.2 Å². The normalized spacial score (nSPS) is 12.5. The number of halogens is 1. The Kier molecular flexibility index (Phi) is 7.04. The van der Waals surface area contributed by atoms with E-state index in [2.05, 4.69) is 10.0 Å². The summed E-state index contributed by atoms with van der Waals surface area (Å²) in [6.07, 6.45) is 1.19. The van der Waals surface area contributed by atoms with E-state index in [0.717, 1.165) is 0 Å². The first-order valence-corrected chi connectivity index (χ1v) is 7.69. The van der Waals surface area contributed by atoms with Crippen molar-refractivity contribution >= 4 is 27.5 Å². The second-order valence-corrected chi connectivity index (χ2v) is 6.80. The lowest BCUT2D eigenvalue weighted by Gasteiger charge is -2.22. The minimum atomic E-state index is -3.32. The molecule has 0 bridgehead atoms. The maximum absolute atomic E-state index is 11.6. The lowest BCUT2D eigenvalue weighted by Crippen LogP contribution is -2.44. The summed E-state index contributed by atoms with van der Waals surface area (Å²) >= 11 is 5.47. The van der Waals surface area contributed by atoms with Crippen molar-refractivity contribution in [2.24, 2.45) is 5.41 Å². The van der Waals surface area contributed by atoms with Gasteiger partial charge in [0.15, 0.2) is 0 Å². The minimum absolute atomic E-state index is 0.0452. The molecule has 0 aliphatic heterocycles. The highest BCUT2D eigenvalue weighted by atomic mass is 35.5. The van der Waals surface area contributed by atoms with E-state index in [0.29, 0.717) is 18.7 Å². The van der Waals surface area contributed by atoms with E-state index in [4.69, 9.17) is 11.6 Å². The van der Waals surface area contributed by atoms with Gasteiger partial charge in [-0.15, -0.1) is 11.6 Å². The highest BCUT2D eigenvalue weighted by Gasteiger charge is 2.28. The number of carbonyl (C=O) groups excluding carboxylic acids is 1. The summed E-state index contributed by atoms with van der Waals surface area (Å²) in [7, 11) is -1.79. The molecule has 5 nitrogen and oxygen atoms in total. The molecule has 2 N–H and O–H groups in total. The van der Waals surface area contributed by atoms with Gasteiger partial charge >= 0.3 is 0 Å². The van der Waals surface area contributed by atoms with Gasteiger partial charge in [-0.2, -0.15) is 0 Å². The van der Waals surface area contributed by atoms with Gasteiger partial charge in [-0.05, 0) is 26.7 Å². The third-order valence-corrected chi connectivity index (χ3v) is 4.05. The molecule has 0 unspecified atom stereocenters. The van der Waals surface area contributed by atoms with Crippen molar-refractivity contribution in [2.75, 3.05) is 25.2 Å². The Balaban J connectivity index is 4.22. The Bertz CT molecular complexity index is 341. The van der Waals surface area contributed by atoms with Crippen molar-refractivity contribution in [3.63, 3.8) is 0 Å². The Morgan fingerprint density at radius 3 is 2.35 bits per heavy atom. The Labute approximate surface area is 108 Å². The second-order valence-electron chi connectivity index (χ2n) is 4.50. The topological polar surface area (TPSA) is 75.3 Å². The van der Waals surface area contributed by atoms with Crippen molar-refractivity contribution < 1.29 is 13.2 Å². The predicted octanol–water partition coefficient (Wildman–Crippen LogP) is 0.697. The molecular weight excluding hydrogens is 264 g/mol. The second kappa shape index (κ2) is 7.18. The molecule has 102 valence electrons. The molecule has 0 radical (unpaired) electrons. The first kappa shape index (κ1) is 16.7. The van der Waals surface area contributed by atoms with E-state index in [1.807, 2.05) is 0 Å². The molecule has 0 aromatic heterocycles. The van der Waals surface area contributed by atoms with Gasteiger partial charge in [0.2, 0.25) is 15.9 Å². The Morgan fingerprint density at radius 2 is 1.88 bits per heavy atom. The van der Waals surface area contributed by atoms with Crippen LogP contribution in [0.15, 0.2) is 0 Å². The molecular formula is C10H21ClN2O3S. The van der Waals surface area contributed by atoms with Crippen LogP contribution in [0.25, 0.3) is 0 Å². The molecule has 0 saturated carbocycles. The largest absolute Gasteiger partial charge is 0.359 e. The summed E-state index contributed by atoms with van der Waals surface area (Å²) in [5.74, 6) is 0.309. The van der Waals surface area contributed by atoms with Crippen LogP contribution >= 0.6 is 11.6 Å². The molecule has 0 fully saturated rings. The summed E-state index contributed by atoms with van der Waals surface area (Å²) < 4.78 is 25.6. The summed E-state index contributed by atoms with van der Waals surface area (Å²) in [5, 5.41) is 2.50. The minimum Gasteiger partial charge on any atom is -0.359 e. The highest BCUT2D eigenvalue weighted by molar-refractivity contribution is 7.89. The van der Waals surface area contributed by atoms with Crippen LogP contribution in [0.2, 0.25) is 0 Å². The average Bonchev–Trinajstić information content (AvgIpc) is 2.26. The van der Waals surface area contributed by atoms with E-state index < -0.39 is 15.4 Å². The number of alkyl halides is 1. The molecule has 0 rings (SSSR count). The molecule has 7 heteroatoms. The van der Waals surface area contributed by atoms with Gasteiger partial charge in [0, 0.05) is 19.5 Å². The molecule has 0 saturated heterocycles. The van der Waals surface area contributed by atoms with Crippen LogP contribution < -0.4 is 10.0 Å². The van der Waals surface area contributed by atoms with Crippen LogP contribution in [0.5, 0.6) is 0 Å². The van der Waals surface area contributed by atoms with E-state index >= 15 is 0 Å². The molecule has 0 spiro atoms. The number of hydrogen-bond acceptors (Lipinski definition) is 3. The summed E-state index contributed by atoms with van der Waals surface area (Å²) in [6, 6.07) is 0. The summed E-state index contributed by atoms with van der Waals surface area (Å²) in [4.78, 5) is 11.4. The third-order valence-electron chi connectivity index (χ3n) is 2.37. The maximum Gasteiger partial charge on any atom is 0.226 e. The molecule has 0 aromatic carbocycles. The zero-order valence-corrected chi connectivity index (χ0v) is 12.1. The first-order valence-electron chi connectivity index (χ1n) is 5.50. The Morgan fingerprint density at radius 1 is 1.29 bits per heavy atom. The van der Waals surface area contributed by atoms with Gasteiger partial charge in [0.25, 0.3) is 0 Å². The predicted molar refractivity (Wildman–Crippen MR) is 69.6 cm³/mol. The third kappa shape index (κ3) is 6.85. The maximum atomic E-state index is 11.6. The number of carbonyl (C=O) groups is 1. The first-order chi connectivity index (χ1) is 7.75. The molecule has 0 atom stereocenters. The quantitative estimate of drug-likeness (QED) is 0.509. The molecule has 1 amide bonds. The van der Waals surface area contributed by atoms with Crippen LogP contribution in [-0.2, 0) is 14.8 Å². The molecule has 0 heterocycles. The van der Waals surface area contributed by atoms with E-state index in [1.165, 1.54) is 7.05 Å². The zero-order valence-electron chi connectivity index (χ0n) is 10.5. The van der Waals surface area contributed by atoms with E-state index in [-0.39, 0.29) is 18.2 Å². The van der Waals surface area contributed by atoms with E-state index in [9.17, 15) is 13.2 Å². The number of rotatable bonds is 8. The monoisotopic (exact) mass is 284 g/mol. The number of amides is 1. The number of unbranched alkanes of at least 4 members (excludes halogenated alkanes) is 1. The van der Waals surface area contributed by atoms with Crippen molar-refractivity contribution in [1.82, 2.24) is 10.0 Å². The van der Waals surface area contributed by atoms with Gasteiger partial charge in [-0.3, -0.25) is 4.79 Å². The fourth-order valence-corrected chi connectivity index (χ4v) is 2.67. The van der Waals surface area contributed by atoms with Crippen molar-refractivity contribution in [3.05, 3.63) is 0 Å².